The first-order valence-electron chi connectivity index (χ1n) is 11.9. The number of phenols is 1. The smallest absolute Gasteiger partial charge is 0.271 e. The molecule has 0 unspecified atom stereocenters. The third kappa shape index (κ3) is 5.06. The van der Waals surface area contributed by atoms with E-state index in [1.54, 1.807) is 67.0 Å². The normalized spacial score (nSPS) is 15.2. The molecule has 11 heteroatoms. The summed E-state index contributed by atoms with van der Waals surface area (Å²) in [5.41, 5.74) is 1.99. The van der Waals surface area contributed by atoms with E-state index in [2.05, 4.69) is 31.9 Å². The fourth-order valence-corrected chi connectivity index (χ4v) is 6.71. The van der Waals surface area contributed by atoms with Crippen LogP contribution >= 0.6 is 43.2 Å². The number of carbonyl (C=O) groups is 1. The van der Waals surface area contributed by atoms with E-state index in [0.29, 0.717) is 65.3 Å². The topological polar surface area (TPSA) is 93.4 Å². The average molecular weight is 665 g/mol. The van der Waals surface area contributed by atoms with Gasteiger partial charge < -0.3 is 19.5 Å². The van der Waals surface area contributed by atoms with Gasteiger partial charge in [0.05, 0.1) is 39.0 Å². The van der Waals surface area contributed by atoms with E-state index in [1.165, 1.54) is 11.3 Å². The fraction of sp³-hybridized carbons (Fsp3) is 0.296. The van der Waals surface area contributed by atoms with Crippen LogP contribution in [0.4, 0.5) is 0 Å². The highest BCUT2D eigenvalue weighted by atomic mass is 79.9. The highest BCUT2D eigenvalue weighted by Gasteiger charge is 2.36. The molecule has 1 atom stereocenters. The van der Waals surface area contributed by atoms with E-state index in [0.717, 1.165) is 0 Å². The van der Waals surface area contributed by atoms with Crippen molar-refractivity contribution in [3.05, 3.63) is 81.4 Å². The maximum atomic E-state index is 14.0. The first kappa shape index (κ1) is 28.1. The van der Waals surface area contributed by atoms with Gasteiger partial charge in [0.15, 0.2) is 4.80 Å². The molecule has 3 aromatic rings. The molecule has 0 fully saturated rings. The number of amides is 1. The summed E-state index contributed by atoms with van der Waals surface area (Å²) in [6.07, 6.45) is 1.74. The quantitative estimate of drug-likeness (QED) is 0.406. The fourth-order valence-electron chi connectivity index (χ4n) is 4.44. The second-order valence-corrected chi connectivity index (χ2v) is 11.2. The van der Waals surface area contributed by atoms with E-state index in [-0.39, 0.29) is 17.2 Å². The highest BCUT2D eigenvalue weighted by molar-refractivity contribution is 9.11. The molecule has 0 bridgehead atoms. The van der Waals surface area contributed by atoms with Crippen LogP contribution in [0, 0.1) is 0 Å². The van der Waals surface area contributed by atoms with Crippen molar-refractivity contribution in [1.29, 1.82) is 0 Å². The number of nitrogens with zero attached hydrogens (tertiary/aromatic N) is 3. The largest absolute Gasteiger partial charge is 0.506 e. The second-order valence-electron chi connectivity index (χ2n) is 8.50. The first-order chi connectivity index (χ1) is 18.1. The number of fused-ring (bicyclic) bond motifs is 1. The Labute approximate surface area is 240 Å². The Hall–Kier alpha value is -2.89. The van der Waals surface area contributed by atoms with Crippen molar-refractivity contribution in [2.24, 2.45) is 4.99 Å². The summed E-state index contributed by atoms with van der Waals surface area (Å²) >= 11 is 7.92. The zero-order valence-corrected chi connectivity index (χ0v) is 25.5. The monoisotopic (exact) mass is 663 g/mol. The van der Waals surface area contributed by atoms with E-state index in [4.69, 9.17) is 14.5 Å². The van der Waals surface area contributed by atoms with E-state index >= 15 is 0 Å². The maximum Gasteiger partial charge on any atom is 0.271 e. The lowest BCUT2D eigenvalue weighted by molar-refractivity contribution is -0.127. The van der Waals surface area contributed by atoms with E-state index < -0.39 is 6.04 Å². The Bertz CT molecular complexity index is 1600. The minimum Gasteiger partial charge on any atom is -0.506 e. The van der Waals surface area contributed by atoms with Gasteiger partial charge in [-0.3, -0.25) is 14.2 Å². The minimum absolute atomic E-state index is 0.0731. The molecule has 2 aromatic carbocycles. The van der Waals surface area contributed by atoms with Crippen LogP contribution in [-0.4, -0.2) is 47.8 Å². The lowest BCUT2D eigenvalue weighted by Gasteiger charge is -2.30. The molecule has 0 saturated carbocycles. The molecule has 4 rings (SSSR count). The number of likely N-dealkylation sites (N-methyl/N-ethyl adjacent to an activating group) is 1. The van der Waals surface area contributed by atoms with Crippen molar-refractivity contribution >= 4 is 55.2 Å². The average Bonchev–Trinajstić information content (AvgIpc) is 3.20. The van der Waals surface area contributed by atoms with Gasteiger partial charge in [0.2, 0.25) is 0 Å². The minimum atomic E-state index is -0.773. The number of thiazole rings is 1. The Morgan fingerprint density at radius 2 is 1.82 bits per heavy atom. The van der Waals surface area contributed by atoms with Crippen LogP contribution in [0.5, 0.6) is 17.2 Å². The molecular formula is C27H27Br2N3O5S. The SMILES string of the molecule is CCN(CC)C(=O)C1=C(C)N=c2s/c(=C/c3cc(Br)c(O)c(Br)c3)c(=O)n2[C@@H]1c1cc(OC)ccc1OC. The zero-order valence-electron chi connectivity index (χ0n) is 21.5. The number of rotatable bonds is 7. The van der Waals surface area contributed by atoms with Gasteiger partial charge in [0.25, 0.3) is 11.5 Å². The number of ether oxygens (including phenoxy) is 2. The summed E-state index contributed by atoms with van der Waals surface area (Å²) in [7, 11) is 3.12. The van der Waals surface area contributed by atoms with Crippen LogP contribution in [0.2, 0.25) is 0 Å². The highest BCUT2D eigenvalue weighted by Crippen LogP contribution is 2.38. The Morgan fingerprint density at radius 1 is 1.16 bits per heavy atom. The standard InChI is InChI=1S/C27H27Br2N3O5S/c1-6-31(7-2)26(35)22-14(3)30-27-32(23(22)17-13-16(36-4)8-9-20(17)37-5)25(34)21(38-27)12-15-10-18(28)24(33)19(29)11-15/h8-13,23,33H,6-7H2,1-5H3/b21-12+/t23-/m1/s1. The number of aromatic hydroxyl groups is 1. The van der Waals surface area contributed by atoms with Gasteiger partial charge in [-0.2, -0.15) is 0 Å². The maximum absolute atomic E-state index is 14.0. The third-order valence-electron chi connectivity index (χ3n) is 6.37. The van der Waals surface area contributed by atoms with Crippen LogP contribution in [0.15, 0.2) is 60.3 Å². The molecule has 38 heavy (non-hydrogen) atoms. The molecule has 0 radical (unpaired) electrons. The number of carbonyl (C=O) groups excluding carboxylic acids is 1. The number of halogens is 2. The number of methoxy groups -OCH3 is 2. The van der Waals surface area contributed by atoms with Gasteiger partial charge in [-0.05, 0) is 94.6 Å². The zero-order chi connectivity index (χ0) is 27.7. The van der Waals surface area contributed by atoms with Crippen molar-refractivity contribution in [3.8, 4) is 17.2 Å². The molecular weight excluding hydrogens is 638 g/mol. The van der Waals surface area contributed by atoms with Crippen molar-refractivity contribution in [2.75, 3.05) is 27.3 Å². The Kier molecular flexibility index (Phi) is 8.49. The van der Waals surface area contributed by atoms with Gasteiger partial charge in [-0.15, -0.1) is 0 Å². The Morgan fingerprint density at radius 3 is 2.39 bits per heavy atom. The molecule has 0 spiro atoms. The predicted octanol–water partition coefficient (Wildman–Crippen LogP) is 4.35. The molecule has 1 aromatic heterocycles. The number of allylic oxidation sites excluding steroid dienone is 1. The molecule has 0 aliphatic carbocycles. The number of hydrogen-bond acceptors (Lipinski definition) is 7. The van der Waals surface area contributed by atoms with Crippen LogP contribution in [0.25, 0.3) is 6.08 Å². The number of hydrogen-bond donors (Lipinski definition) is 1. The van der Waals surface area contributed by atoms with Crippen LogP contribution < -0.4 is 24.4 Å². The molecule has 2 heterocycles. The summed E-state index contributed by atoms with van der Waals surface area (Å²) in [6.45, 7) is 6.66. The van der Waals surface area contributed by atoms with Gasteiger partial charge in [-0.25, -0.2) is 4.99 Å². The number of aromatic nitrogens is 1. The van der Waals surface area contributed by atoms with Gasteiger partial charge >= 0.3 is 0 Å². The molecule has 200 valence electrons. The molecule has 0 saturated heterocycles. The molecule has 1 aliphatic rings. The molecule has 1 amide bonds. The summed E-state index contributed by atoms with van der Waals surface area (Å²) in [5.74, 6) is 0.984. The van der Waals surface area contributed by atoms with Gasteiger partial charge in [-0.1, -0.05) is 11.3 Å². The van der Waals surface area contributed by atoms with Crippen LogP contribution in [-0.2, 0) is 4.79 Å². The van der Waals surface area contributed by atoms with E-state index in [9.17, 15) is 14.7 Å². The third-order valence-corrected chi connectivity index (χ3v) is 8.56. The van der Waals surface area contributed by atoms with Crippen molar-refractivity contribution < 1.29 is 19.4 Å². The van der Waals surface area contributed by atoms with Crippen molar-refractivity contribution in [1.82, 2.24) is 9.47 Å². The Balaban J connectivity index is 2.03. The lowest BCUT2D eigenvalue weighted by Crippen LogP contribution is -2.43. The lowest BCUT2D eigenvalue weighted by atomic mass is 9.93. The van der Waals surface area contributed by atoms with E-state index in [1.807, 2.05) is 13.8 Å². The summed E-state index contributed by atoms with van der Waals surface area (Å²) in [6, 6.07) is 8.01. The molecule has 8 nitrogen and oxygen atoms in total. The number of phenolic OH excluding ortho intramolecular Hbond substituents is 1. The second kappa shape index (κ2) is 11.5. The van der Waals surface area contributed by atoms with Gasteiger partial charge in [0.1, 0.15) is 23.3 Å². The molecule has 1 N–H and O–H groups in total. The summed E-state index contributed by atoms with van der Waals surface area (Å²) < 4.78 is 14.1. The summed E-state index contributed by atoms with van der Waals surface area (Å²) in [5, 5.41) is 10.1. The summed E-state index contributed by atoms with van der Waals surface area (Å²) in [4.78, 5) is 34.7. The predicted molar refractivity (Wildman–Crippen MR) is 155 cm³/mol. The van der Waals surface area contributed by atoms with Crippen LogP contribution in [0.1, 0.15) is 37.9 Å². The number of benzene rings is 2. The van der Waals surface area contributed by atoms with Crippen molar-refractivity contribution in [2.45, 2.75) is 26.8 Å². The van der Waals surface area contributed by atoms with Crippen LogP contribution in [0.3, 0.4) is 0 Å². The van der Waals surface area contributed by atoms with Crippen molar-refractivity contribution in [3.63, 3.8) is 0 Å². The van der Waals surface area contributed by atoms with Gasteiger partial charge in [0, 0.05) is 18.7 Å². The molecule has 1 aliphatic heterocycles. The first-order valence-corrected chi connectivity index (χ1v) is 14.3.